The van der Waals surface area contributed by atoms with Crippen molar-refractivity contribution in [3.63, 3.8) is 0 Å². The summed E-state index contributed by atoms with van der Waals surface area (Å²) in [6.07, 6.45) is 6.55. The maximum Gasteiger partial charge on any atom is 0.224 e. The van der Waals surface area contributed by atoms with Crippen LogP contribution in [0, 0.1) is 12.8 Å². The normalized spacial score (nSPS) is 14.0. The first-order chi connectivity index (χ1) is 13.0. The van der Waals surface area contributed by atoms with Crippen LogP contribution in [0.15, 0.2) is 18.2 Å². The quantitative estimate of drug-likeness (QED) is 0.701. The topological polar surface area (TPSA) is 59.8 Å². The Balaban J connectivity index is 1.62. The predicted molar refractivity (Wildman–Crippen MR) is 109 cm³/mol. The lowest BCUT2D eigenvalue weighted by molar-refractivity contribution is -0.116. The van der Waals surface area contributed by atoms with Gasteiger partial charge in [-0.05, 0) is 55.7 Å². The van der Waals surface area contributed by atoms with E-state index in [1.165, 1.54) is 18.4 Å². The molecular formula is C22H32N4O. The second kappa shape index (κ2) is 8.68. The molecule has 0 aliphatic heterocycles. The first kappa shape index (κ1) is 19.6. The number of hydrogen-bond donors (Lipinski definition) is 1. The van der Waals surface area contributed by atoms with Crippen LogP contribution in [0.4, 0.5) is 5.69 Å². The van der Waals surface area contributed by atoms with Gasteiger partial charge in [0, 0.05) is 31.0 Å². The number of carbonyl (C=O) groups excluding carboxylic acids is 1. The van der Waals surface area contributed by atoms with E-state index in [4.69, 9.17) is 0 Å². The van der Waals surface area contributed by atoms with Crippen molar-refractivity contribution in [3.8, 4) is 0 Å². The molecule has 1 aromatic heterocycles. The summed E-state index contributed by atoms with van der Waals surface area (Å²) in [5, 5.41) is 11.9. The second-order valence-corrected chi connectivity index (χ2v) is 8.06. The molecule has 0 unspecified atom stereocenters. The number of benzene rings is 1. The van der Waals surface area contributed by atoms with E-state index in [0.717, 1.165) is 42.2 Å². The summed E-state index contributed by atoms with van der Waals surface area (Å²) in [7, 11) is 0. The van der Waals surface area contributed by atoms with Gasteiger partial charge < -0.3 is 9.88 Å². The Morgan fingerprint density at radius 3 is 2.56 bits per heavy atom. The van der Waals surface area contributed by atoms with Crippen LogP contribution >= 0.6 is 0 Å². The Morgan fingerprint density at radius 2 is 1.93 bits per heavy atom. The fraction of sp³-hybridized carbons (Fsp3) is 0.591. The Kier molecular flexibility index (Phi) is 6.30. The summed E-state index contributed by atoms with van der Waals surface area (Å²) < 4.78 is 2.30. The first-order valence-electron chi connectivity index (χ1n) is 10.3. The average molecular weight is 369 g/mol. The molecule has 27 heavy (non-hydrogen) atoms. The summed E-state index contributed by atoms with van der Waals surface area (Å²) in [4.78, 5) is 12.5. The third-order valence-electron chi connectivity index (χ3n) is 5.37. The number of rotatable bonds is 9. The molecule has 0 spiro atoms. The lowest BCUT2D eigenvalue weighted by Gasteiger charge is -2.12. The van der Waals surface area contributed by atoms with Gasteiger partial charge >= 0.3 is 0 Å². The fourth-order valence-corrected chi connectivity index (χ4v) is 3.51. The number of aryl methyl sites for hydroxylation is 3. The van der Waals surface area contributed by atoms with Crippen molar-refractivity contribution >= 4 is 11.6 Å². The molecule has 5 heteroatoms. The van der Waals surface area contributed by atoms with E-state index in [-0.39, 0.29) is 5.91 Å². The Labute approximate surface area is 162 Å². The van der Waals surface area contributed by atoms with E-state index in [2.05, 4.69) is 53.8 Å². The van der Waals surface area contributed by atoms with Gasteiger partial charge in [0.05, 0.1) is 0 Å². The van der Waals surface area contributed by atoms with Gasteiger partial charge in [0.2, 0.25) is 5.91 Å². The standard InChI is InChI=1S/C22H32N4O/c1-5-17-7-6-8-19(16(17)4)23-22(27)14-13-21-25-24-20(12-9-15(2)3)26(21)18-10-11-18/h6-8,15,18H,5,9-14H2,1-4H3,(H,23,27). The molecular weight excluding hydrogens is 336 g/mol. The number of aromatic nitrogens is 3. The highest BCUT2D eigenvalue weighted by Crippen LogP contribution is 2.37. The van der Waals surface area contributed by atoms with Crippen LogP contribution < -0.4 is 5.32 Å². The predicted octanol–water partition coefficient (Wildman–Crippen LogP) is 4.64. The number of nitrogens with one attached hydrogen (secondary N) is 1. The van der Waals surface area contributed by atoms with Gasteiger partial charge in [-0.15, -0.1) is 10.2 Å². The van der Waals surface area contributed by atoms with E-state index < -0.39 is 0 Å². The Bertz CT molecular complexity index is 790. The molecule has 0 radical (unpaired) electrons. The largest absolute Gasteiger partial charge is 0.326 e. The van der Waals surface area contributed by atoms with Gasteiger partial charge in [-0.2, -0.15) is 0 Å². The maximum absolute atomic E-state index is 12.5. The number of carbonyl (C=O) groups is 1. The van der Waals surface area contributed by atoms with Crippen molar-refractivity contribution < 1.29 is 4.79 Å². The minimum Gasteiger partial charge on any atom is -0.326 e. The first-order valence-corrected chi connectivity index (χ1v) is 10.3. The van der Waals surface area contributed by atoms with E-state index in [9.17, 15) is 4.79 Å². The van der Waals surface area contributed by atoms with Crippen LogP contribution in [0.25, 0.3) is 0 Å². The third-order valence-corrected chi connectivity index (χ3v) is 5.37. The highest BCUT2D eigenvalue weighted by molar-refractivity contribution is 5.91. The van der Waals surface area contributed by atoms with Gasteiger partial charge in [0.1, 0.15) is 11.6 Å². The molecule has 5 nitrogen and oxygen atoms in total. The van der Waals surface area contributed by atoms with E-state index in [1.54, 1.807) is 0 Å². The second-order valence-electron chi connectivity index (χ2n) is 8.06. The number of anilines is 1. The molecule has 0 bridgehead atoms. The lowest BCUT2D eigenvalue weighted by Crippen LogP contribution is -2.15. The molecule has 1 saturated carbocycles. The number of hydrogen-bond acceptors (Lipinski definition) is 3. The zero-order valence-electron chi connectivity index (χ0n) is 17.1. The summed E-state index contributed by atoms with van der Waals surface area (Å²) in [5.74, 6) is 2.75. The van der Waals surface area contributed by atoms with Crippen LogP contribution in [-0.2, 0) is 24.1 Å². The molecule has 1 aromatic carbocycles. The molecule has 3 rings (SSSR count). The number of amides is 1. The van der Waals surface area contributed by atoms with Crippen LogP contribution in [0.5, 0.6) is 0 Å². The van der Waals surface area contributed by atoms with Crippen molar-refractivity contribution in [2.24, 2.45) is 5.92 Å². The molecule has 2 aromatic rings. The molecule has 1 fully saturated rings. The van der Waals surface area contributed by atoms with Gasteiger partial charge in [-0.1, -0.05) is 32.9 Å². The van der Waals surface area contributed by atoms with Gasteiger partial charge in [0.15, 0.2) is 0 Å². The molecule has 1 heterocycles. The summed E-state index contributed by atoms with van der Waals surface area (Å²) >= 11 is 0. The summed E-state index contributed by atoms with van der Waals surface area (Å²) in [6, 6.07) is 6.64. The zero-order valence-corrected chi connectivity index (χ0v) is 17.1. The zero-order chi connectivity index (χ0) is 19.4. The Hall–Kier alpha value is -2.17. The lowest BCUT2D eigenvalue weighted by atomic mass is 10.0. The monoisotopic (exact) mass is 368 g/mol. The molecule has 0 atom stereocenters. The third kappa shape index (κ3) is 4.96. The molecule has 1 amide bonds. The van der Waals surface area contributed by atoms with E-state index >= 15 is 0 Å². The van der Waals surface area contributed by atoms with Gasteiger partial charge in [-0.25, -0.2) is 0 Å². The van der Waals surface area contributed by atoms with Crippen LogP contribution in [-0.4, -0.2) is 20.7 Å². The Morgan fingerprint density at radius 1 is 1.22 bits per heavy atom. The van der Waals surface area contributed by atoms with Crippen molar-refractivity contribution in [2.75, 3.05) is 5.32 Å². The fourth-order valence-electron chi connectivity index (χ4n) is 3.51. The van der Waals surface area contributed by atoms with Crippen molar-refractivity contribution in [3.05, 3.63) is 41.0 Å². The number of nitrogens with zero attached hydrogens (tertiary/aromatic N) is 3. The van der Waals surface area contributed by atoms with Crippen LogP contribution in [0.2, 0.25) is 0 Å². The smallest absolute Gasteiger partial charge is 0.224 e. The van der Waals surface area contributed by atoms with Gasteiger partial charge in [0.25, 0.3) is 0 Å². The van der Waals surface area contributed by atoms with Crippen LogP contribution in [0.1, 0.15) is 75.3 Å². The van der Waals surface area contributed by atoms with E-state index in [0.29, 0.717) is 24.8 Å². The molecule has 1 N–H and O–H groups in total. The minimum absolute atomic E-state index is 0.0421. The highest BCUT2D eigenvalue weighted by atomic mass is 16.1. The summed E-state index contributed by atoms with van der Waals surface area (Å²) in [5.41, 5.74) is 3.35. The molecule has 0 saturated heterocycles. The average Bonchev–Trinajstić information content (AvgIpc) is 3.40. The van der Waals surface area contributed by atoms with Crippen molar-refractivity contribution in [2.45, 2.75) is 78.7 Å². The van der Waals surface area contributed by atoms with Crippen molar-refractivity contribution in [1.82, 2.24) is 14.8 Å². The van der Waals surface area contributed by atoms with Gasteiger partial charge in [-0.3, -0.25) is 4.79 Å². The summed E-state index contributed by atoms with van der Waals surface area (Å²) in [6.45, 7) is 8.67. The molecule has 1 aliphatic rings. The SMILES string of the molecule is CCc1cccc(NC(=O)CCc2nnc(CCC(C)C)n2C2CC2)c1C. The molecule has 1 aliphatic carbocycles. The van der Waals surface area contributed by atoms with Crippen molar-refractivity contribution in [1.29, 1.82) is 0 Å². The maximum atomic E-state index is 12.5. The minimum atomic E-state index is 0.0421. The molecule has 146 valence electrons. The van der Waals surface area contributed by atoms with E-state index in [1.807, 2.05) is 12.1 Å². The van der Waals surface area contributed by atoms with Crippen LogP contribution in [0.3, 0.4) is 0 Å². The highest BCUT2D eigenvalue weighted by Gasteiger charge is 2.29.